The lowest BCUT2D eigenvalue weighted by molar-refractivity contribution is -0.598. The van der Waals surface area contributed by atoms with Gasteiger partial charge in [0.1, 0.15) is 12.4 Å². The average molecular weight is 583 g/mol. The quantitative estimate of drug-likeness (QED) is 0.418. The normalized spacial score (nSPS) is 11.4. The topological polar surface area (TPSA) is 9.23 Å². The van der Waals surface area contributed by atoms with E-state index < -0.39 is 0 Å². The van der Waals surface area contributed by atoms with Crippen LogP contribution in [0.25, 0.3) is 0 Å². The molecule has 3 aromatic carbocycles. The van der Waals surface area contributed by atoms with Gasteiger partial charge in [0.2, 0.25) is 0 Å². The molecule has 0 N–H and O–H groups in total. The molecule has 0 fully saturated rings. The summed E-state index contributed by atoms with van der Waals surface area (Å²) in [4.78, 5) is 0. The van der Waals surface area contributed by atoms with Gasteiger partial charge in [-0.3, -0.25) is 0 Å². The van der Waals surface area contributed by atoms with Crippen molar-refractivity contribution in [2.45, 2.75) is 39.7 Å². The summed E-state index contributed by atoms with van der Waals surface area (Å²) in [5.74, 6) is 0.920. The maximum Gasteiger partial charge on any atom is 0.358 e. The molecule has 0 aromatic heterocycles. The van der Waals surface area contributed by atoms with Crippen LogP contribution in [-0.4, -0.2) is 0 Å². The highest BCUT2D eigenvalue weighted by molar-refractivity contribution is 14.1. The molecule has 0 saturated carbocycles. The molecule has 0 spiro atoms. The molecule has 0 saturated heterocycles. The molecule has 3 rings (SSSR count). The summed E-state index contributed by atoms with van der Waals surface area (Å²) < 4.78 is 10.1. The van der Waals surface area contributed by atoms with Gasteiger partial charge in [0.25, 0.3) is 0 Å². The lowest BCUT2D eigenvalue weighted by Gasteiger charge is -2.18. The summed E-state index contributed by atoms with van der Waals surface area (Å²) in [6, 6.07) is 24.1. The molecule has 3 heteroatoms. The highest BCUT2D eigenvalue weighted by atomic mass is 127. The average Bonchev–Trinajstić information content (AvgIpc) is 2.63. The van der Waals surface area contributed by atoms with Crippen LogP contribution in [-0.2, 0) is 12.0 Å². The van der Waals surface area contributed by atoms with Crippen LogP contribution in [0.4, 0.5) is 0 Å². The van der Waals surface area contributed by atoms with E-state index in [1.165, 1.54) is 27.4 Å². The number of ether oxygens (including phenoxy) is 1. The Kier molecular flexibility index (Phi) is 6.84. The van der Waals surface area contributed by atoms with Crippen molar-refractivity contribution in [3.63, 3.8) is 0 Å². The molecule has 140 valence electrons. The van der Waals surface area contributed by atoms with E-state index in [-0.39, 0.29) is 26.6 Å². The van der Waals surface area contributed by atoms with E-state index in [0.717, 1.165) is 5.75 Å². The number of hydrogen-bond acceptors (Lipinski definition) is 1. The second-order valence-corrected chi connectivity index (χ2v) is 11.9. The minimum Gasteiger partial charge on any atom is -0.489 e. The summed E-state index contributed by atoms with van der Waals surface area (Å²) in [7, 11) is 0. The molecule has 0 atom stereocenters. The van der Waals surface area contributed by atoms with Crippen LogP contribution in [0.15, 0.2) is 66.7 Å². The highest BCUT2D eigenvalue weighted by Crippen LogP contribution is 2.21. The summed E-state index contributed by atoms with van der Waals surface area (Å²) in [5, 5.41) is 0. The van der Waals surface area contributed by atoms with Crippen LogP contribution in [0.1, 0.15) is 37.5 Å². The maximum atomic E-state index is 5.91. The van der Waals surface area contributed by atoms with Gasteiger partial charge in [-0.1, -0.05) is 39.0 Å². The Balaban J connectivity index is 1.65. The minimum atomic E-state index is -0.155. The third-order valence-electron chi connectivity index (χ3n) is 4.36. The van der Waals surface area contributed by atoms with Crippen LogP contribution < -0.4 is 25.9 Å². The van der Waals surface area contributed by atoms with Gasteiger partial charge in [-0.15, -0.1) is 0 Å². The van der Waals surface area contributed by atoms with Crippen LogP contribution in [0, 0.1) is 17.6 Å². The SMILES string of the molecule is Cc1cc(COc2ccc(I)cc2)ccc1[I+]c1ccc(C(C)(C)C)cc1. The van der Waals surface area contributed by atoms with Crippen molar-refractivity contribution in [1.29, 1.82) is 0 Å². The fourth-order valence-corrected chi connectivity index (χ4v) is 5.42. The zero-order valence-corrected chi connectivity index (χ0v) is 20.5. The van der Waals surface area contributed by atoms with Crippen molar-refractivity contribution in [3.05, 3.63) is 94.1 Å². The van der Waals surface area contributed by atoms with Crippen molar-refractivity contribution < 1.29 is 25.9 Å². The molecule has 3 aromatic rings. The predicted molar refractivity (Wildman–Crippen MR) is 117 cm³/mol. The van der Waals surface area contributed by atoms with Crippen LogP contribution in [0.5, 0.6) is 5.75 Å². The Morgan fingerprint density at radius 2 is 1.56 bits per heavy atom. The van der Waals surface area contributed by atoms with Crippen molar-refractivity contribution in [3.8, 4) is 5.75 Å². The molecule has 0 amide bonds. The fraction of sp³-hybridized carbons (Fsp3) is 0.250. The second kappa shape index (κ2) is 8.95. The van der Waals surface area contributed by atoms with Crippen molar-refractivity contribution in [1.82, 2.24) is 0 Å². The Labute approximate surface area is 186 Å². The summed E-state index contributed by atoms with van der Waals surface area (Å²) in [6.45, 7) is 9.61. The van der Waals surface area contributed by atoms with Gasteiger partial charge < -0.3 is 4.74 Å². The van der Waals surface area contributed by atoms with E-state index in [1.54, 1.807) is 0 Å². The van der Waals surface area contributed by atoms with Gasteiger partial charge in [0, 0.05) is 9.13 Å². The zero-order chi connectivity index (χ0) is 19.4. The minimum absolute atomic E-state index is 0.155. The van der Waals surface area contributed by atoms with Crippen LogP contribution in [0.2, 0.25) is 0 Å². The van der Waals surface area contributed by atoms with Gasteiger partial charge in [-0.05, 0) is 94.6 Å². The second-order valence-electron chi connectivity index (χ2n) is 7.68. The zero-order valence-electron chi connectivity index (χ0n) is 16.2. The molecule has 0 bridgehead atoms. The molecular formula is C24H25I2O+. The van der Waals surface area contributed by atoms with E-state index >= 15 is 0 Å². The smallest absolute Gasteiger partial charge is 0.358 e. The molecule has 27 heavy (non-hydrogen) atoms. The van der Waals surface area contributed by atoms with E-state index in [9.17, 15) is 0 Å². The molecule has 0 aliphatic carbocycles. The Bertz CT molecular complexity index is 891. The predicted octanol–water partition coefficient (Wildman–Crippen LogP) is 3.60. The van der Waals surface area contributed by atoms with Gasteiger partial charge in [0.15, 0.2) is 7.14 Å². The van der Waals surface area contributed by atoms with Crippen molar-refractivity contribution in [2.75, 3.05) is 0 Å². The van der Waals surface area contributed by atoms with Crippen molar-refractivity contribution >= 4 is 22.6 Å². The number of benzene rings is 3. The summed E-state index contributed by atoms with van der Waals surface area (Å²) >= 11 is 2.15. The first-order valence-corrected chi connectivity index (χ1v) is 12.3. The third-order valence-corrected chi connectivity index (χ3v) is 8.22. The lowest BCUT2D eigenvalue weighted by Crippen LogP contribution is -3.61. The van der Waals surface area contributed by atoms with E-state index in [0.29, 0.717) is 6.61 Å². The highest BCUT2D eigenvalue weighted by Gasteiger charge is 2.20. The molecular weight excluding hydrogens is 558 g/mol. The van der Waals surface area contributed by atoms with Crippen molar-refractivity contribution in [2.24, 2.45) is 0 Å². The number of rotatable bonds is 5. The molecule has 0 aliphatic rings. The first kappa shape index (κ1) is 20.6. The Morgan fingerprint density at radius 1 is 0.889 bits per heavy atom. The molecule has 0 radical (unpaired) electrons. The Hall–Kier alpha value is -1.08. The monoisotopic (exact) mass is 583 g/mol. The summed E-state index contributed by atoms with van der Waals surface area (Å²) in [5.41, 5.74) is 4.20. The van der Waals surface area contributed by atoms with Gasteiger partial charge in [0.05, 0.1) is 0 Å². The first-order valence-electron chi connectivity index (χ1n) is 9.04. The van der Waals surface area contributed by atoms with Gasteiger partial charge in [-0.25, -0.2) is 0 Å². The van der Waals surface area contributed by atoms with E-state index in [1.807, 2.05) is 12.1 Å². The molecule has 0 heterocycles. The van der Waals surface area contributed by atoms with E-state index in [2.05, 4.69) is 105 Å². The van der Waals surface area contributed by atoms with Crippen LogP contribution >= 0.6 is 22.6 Å². The van der Waals surface area contributed by atoms with Crippen LogP contribution in [0.3, 0.4) is 0 Å². The largest absolute Gasteiger partial charge is 0.489 e. The number of hydrogen-bond donors (Lipinski definition) is 0. The summed E-state index contributed by atoms with van der Waals surface area (Å²) in [6.07, 6.45) is 0. The maximum absolute atomic E-state index is 5.91. The number of aryl methyl sites for hydroxylation is 1. The number of halogens is 2. The molecule has 0 aliphatic heterocycles. The molecule has 1 nitrogen and oxygen atoms in total. The van der Waals surface area contributed by atoms with E-state index in [4.69, 9.17) is 4.74 Å². The standard InChI is InChI=1S/C24H25I2O/c1-17-15-18(16-27-22-12-8-20(25)9-13-22)5-14-23(17)26-21-10-6-19(7-11-21)24(2,3)4/h5-15H,16H2,1-4H3/q+1. The Morgan fingerprint density at radius 3 is 2.15 bits per heavy atom. The van der Waals surface area contributed by atoms with Gasteiger partial charge in [-0.2, -0.15) is 0 Å². The fourth-order valence-electron chi connectivity index (χ4n) is 2.73. The van der Waals surface area contributed by atoms with Gasteiger partial charge >= 0.3 is 21.2 Å². The lowest BCUT2D eigenvalue weighted by atomic mass is 9.87. The third kappa shape index (κ3) is 5.95. The first-order chi connectivity index (χ1) is 12.8. The molecule has 0 unspecified atom stereocenters.